The highest BCUT2D eigenvalue weighted by Gasteiger charge is 2.43. The molecule has 2 aromatic carbocycles. The molecule has 28 heavy (non-hydrogen) atoms. The molecule has 0 spiro atoms. The predicted molar refractivity (Wildman–Crippen MR) is 104 cm³/mol. The molecule has 7 nitrogen and oxygen atoms in total. The van der Waals surface area contributed by atoms with E-state index in [0.717, 1.165) is 6.26 Å². The lowest BCUT2D eigenvalue weighted by Gasteiger charge is -2.40. The van der Waals surface area contributed by atoms with Crippen molar-refractivity contribution in [1.82, 2.24) is 0 Å². The fourth-order valence-corrected chi connectivity index (χ4v) is 3.65. The van der Waals surface area contributed by atoms with Gasteiger partial charge in [0.25, 0.3) is 5.91 Å². The van der Waals surface area contributed by atoms with E-state index >= 15 is 0 Å². The molecule has 0 saturated heterocycles. The highest BCUT2D eigenvalue weighted by atomic mass is 32.2. The van der Waals surface area contributed by atoms with Crippen molar-refractivity contribution in [2.24, 2.45) is 0 Å². The average Bonchev–Trinajstić information content (AvgIpc) is 2.56. The van der Waals surface area contributed by atoms with Crippen molar-refractivity contribution in [3.8, 4) is 5.75 Å². The highest BCUT2D eigenvalue weighted by Crippen LogP contribution is 2.46. The summed E-state index contributed by atoms with van der Waals surface area (Å²) >= 11 is 0. The van der Waals surface area contributed by atoms with Crippen molar-refractivity contribution < 1.29 is 27.4 Å². The number of ether oxygens (including phenoxy) is 1. The SMILES string of the molecule is CC1(C)Oc2cc(NS(C)(=O)=O)cc(CCO)c2N(c2ccc(F)cc2)C1=O. The quantitative estimate of drug-likeness (QED) is 0.793. The summed E-state index contributed by atoms with van der Waals surface area (Å²) in [7, 11) is -3.54. The minimum Gasteiger partial charge on any atom is -0.476 e. The molecule has 3 rings (SSSR count). The molecular formula is C19H21FN2O5S. The molecule has 0 saturated carbocycles. The summed E-state index contributed by atoms with van der Waals surface area (Å²) in [5.41, 5.74) is 0.367. The van der Waals surface area contributed by atoms with Crippen molar-refractivity contribution >= 4 is 33.0 Å². The molecule has 1 aliphatic heterocycles. The van der Waals surface area contributed by atoms with E-state index in [2.05, 4.69) is 4.72 Å². The second-order valence-corrected chi connectivity index (χ2v) is 8.81. The number of nitrogens with zero attached hydrogens (tertiary/aromatic N) is 1. The summed E-state index contributed by atoms with van der Waals surface area (Å²) in [4.78, 5) is 14.5. The first-order valence-electron chi connectivity index (χ1n) is 8.56. The molecule has 0 radical (unpaired) electrons. The van der Waals surface area contributed by atoms with E-state index in [-0.39, 0.29) is 30.4 Å². The topological polar surface area (TPSA) is 95.9 Å². The van der Waals surface area contributed by atoms with Crippen LogP contribution in [-0.2, 0) is 21.2 Å². The van der Waals surface area contributed by atoms with Gasteiger partial charge >= 0.3 is 0 Å². The summed E-state index contributed by atoms with van der Waals surface area (Å²) in [6.45, 7) is 2.97. The molecule has 2 N–H and O–H groups in total. The highest BCUT2D eigenvalue weighted by molar-refractivity contribution is 7.92. The number of nitrogens with one attached hydrogen (secondary N) is 1. The van der Waals surface area contributed by atoms with E-state index in [9.17, 15) is 22.7 Å². The third-order valence-electron chi connectivity index (χ3n) is 4.23. The van der Waals surface area contributed by atoms with Gasteiger partial charge in [0, 0.05) is 18.4 Å². The summed E-state index contributed by atoms with van der Waals surface area (Å²) in [6, 6.07) is 8.48. The Morgan fingerprint density at radius 3 is 2.43 bits per heavy atom. The molecule has 1 heterocycles. The molecule has 0 aliphatic carbocycles. The fourth-order valence-electron chi connectivity index (χ4n) is 3.11. The molecule has 2 aromatic rings. The maximum absolute atomic E-state index is 13.4. The van der Waals surface area contributed by atoms with Gasteiger partial charge in [0.05, 0.1) is 17.6 Å². The number of aliphatic hydroxyl groups excluding tert-OH is 1. The second kappa shape index (κ2) is 7.06. The van der Waals surface area contributed by atoms with Gasteiger partial charge in [-0.05, 0) is 56.2 Å². The average molecular weight is 408 g/mol. The molecule has 1 aliphatic rings. The first kappa shape index (κ1) is 20.1. The van der Waals surface area contributed by atoms with Crippen LogP contribution in [0, 0.1) is 5.82 Å². The van der Waals surface area contributed by atoms with Crippen LogP contribution in [0.2, 0.25) is 0 Å². The Hall–Kier alpha value is -2.65. The minimum atomic E-state index is -3.54. The summed E-state index contributed by atoms with van der Waals surface area (Å²) in [5.74, 6) is -0.520. The zero-order valence-electron chi connectivity index (χ0n) is 15.7. The van der Waals surface area contributed by atoms with Crippen molar-refractivity contribution in [3.63, 3.8) is 0 Å². The van der Waals surface area contributed by atoms with Crippen LogP contribution in [0.25, 0.3) is 0 Å². The maximum Gasteiger partial charge on any atom is 0.275 e. The lowest BCUT2D eigenvalue weighted by Crippen LogP contribution is -2.51. The third-order valence-corrected chi connectivity index (χ3v) is 4.84. The number of halogens is 1. The summed E-state index contributed by atoms with van der Waals surface area (Å²) in [6.07, 6.45) is 1.19. The number of fused-ring (bicyclic) bond motifs is 1. The lowest BCUT2D eigenvalue weighted by molar-refractivity contribution is -0.131. The molecule has 0 bridgehead atoms. The van der Waals surface area contributed by atoms with Crippen LogP contribution in [0.3, 0.4) is 0 Å². The lowest BCUT2D eigenvalue weighted by atomic mass is 9.98. The molecule has 0 aromatic heterocycles. The molecule has 0 unspecified atom stereocenters. The summed E-state index contributed by atoms with van der Waals surface area (Å²) in [5, 5.41) is 9.47. The number of sulfonamides is 1. The number of aliphatic hydroxyl groups is 1. The van der Waals surface area contributed by atoms with E-state index in [1.807, 2.05) is 0 Å². The van der Waals surface area contributed by atoms with Gasteiger partial charge in [-0.1, -0.05) is 0 Å². The van der Waals surface area contributed by atoms with E-state index in [1.165, 1.54) is 35.2 Å². The van der Waals surface area contributed by atoms with Crippen LogP contribution in [-0.4, -0.2) is 37.9 Å². The molecule has 0 fully saturated rings. The number of hydrogen-bond acceptors (Lipinski definition) is 5. The van der Waals surface area contributed by atoms with Crippen molar-refractivity contribution in [2.75, 3.05) is 22.5 Å². The first-order chi connectivity index (χ1) is 13.0. The fraction of sp³-hybridized carbons (Fsp3) is 0.316. The molecule has 1 amide bonds. The normalized spacial score (nSPS) is 15.8. The van der Waals surface area contributed by atoms with E-state index in [1.54, 1.807) is 19.9 Å². The predicted octanol–water partition coefficient (Wildman–Crippen LogP) is 2.57. The molecule has 9 heteroatoms. The van der Waals surface area contributed by atoms with Crippen LogP contribution < -0.4 is 14.4 Å². The molecule has 0 atom stereocenters. The van der Waals surface area contributed by atoms with E-state index < -0.39 is 21.4 Å². The van der Waals surface area contributed by atoms with Crippen molar-refractivity contribution in [3.05, 3.63) is 47.8 Å². The van der Waals surface area contributed by atoms with Gasteiger partial charge in [0.2, 0.25) is 10.0 Å². The number of benzene rings is 2. The standard InChI is InChI=1S/C19H21FN2O5S/c1-19(2)18(24)22(15-6-4-13(20)5-7-15)17-12(8-9-23)10-14(11-16(17)27-19)21-28(3,25)26/h4-7,10-11,21,23H,8-9H2,1-3H3. The number of hydrogen-bond donors (Lipinski definition) is 2. The largest absolute Gasteiger partial charge is 0.476 e. The Bertz CT molecular complexity index is 1020. The van der Waals surface area contributed by atoms with Crippen LogP contribution in [0.5, 0.6) is 5.75 Å². The van der Waals surface area contributed by atoms with E-state index in [0.29, 0.717) is 16.9 Å². The van der Waals surface area contributed by atoms with Gasteiger partial charge in [-0.15, -0.1) is 0 Å². The Morgan fingerprint density at radius 2 is 1.86 bits per heavy atom. The van der Waals surface area contributed by atoms with Gasteiger partial charge in [0.15, 0.2) is 5.60 Å². The van der Waals surface area contributed by atoms with Gasteiger partial charge in [-0.25, -0.2) is 12.8 Å². The maximum atomic E-state index is 13.4. The summed E-state index contributed by atoms with van der Waals surface area (Å²) < 4.78 is 44.9. The Morgan fingerprint density at radius 1 is 1.21 bits per heavy atom. The Kier molecular flexibility index (Phi) is 5.07. The van der Waals surface area contributed by atoms with Crippen LogP contribution in [0.15, 0.2) is 36.4 Å². The van der Waals surface area contributed by atoms with Crippen LogP contribution in [0.4, 0.5) is 21.5 Å². The third kappa shape index (κ3) is 3.95. The second-order valence-electron chi connectivity index (χ2n) is 7.06. The number of amides is 1. The number of carbonyl (C=O) groups is 1. The van der Waals surface area contributed by atoms with Gasteiger partial charge in [-0.3, -0.25) is 14.4 Å². The van der Waals surface area contributed by atoms with Crippen LogP contribution in [0.1, 0.15) is 19.4 Å². The number of carbonyl (C=O) groups excluding carboxylic acids is 1. The Labute approximate surface area is 162 Å². The molecular weight excluding hydrogens is 387 g/mol. The van der Waals surface area contributed by atoms with E-state index in [4.69, 9.17) is 4.74 Å². The zero-order valence-corrected chi connectivity index (χ0v) is 16.5. The Balaban J connectivity index is 2.24. The number of rotatable bonds is 5. The van der Waals surface area contributed by atoms with Gasteiger partial charge < -0.3 is 9.84 Å². The monoisotopic (exact) mass is 408 g/mol. The van der Waals surface area contributed by atoms with Gasteiger partial charge in [0.1, 0.15) is 11.6 Å². The zero-order chi connectivity index (χ0) is 20.7. The van der Waals surface area contributed by atoms with Gasteiger partial charge in [-0.2, -0.15) is 0 Å². The minimum absolute atomic E-state index is 0.163. The van der Waals surface area contributed by atoms with Crippen LogP contribution >= 0.6 is 0 Å². The molecule has 150 valence electrons. The number of anilines is 3. The first-order valence-corrected chi connectivity index (χ1v) is 10.5. The van der Waals surface area contributed by atoms with Crippen molar-refractivity contribution in [2.45, 2.75) is 25.9 Å². The van der Waals surface area contributed by atoms with Crippen molar-refractivity contribution in [1.29, 1.82) is 0 Å². The smallest absolute Gasteiger partial charge is 0.275 e.